The van der Waals surface area contributed by atoms with Crippen molar-refractivity contribution >= 4 is 44.9 Å². The molecule has 1 heterocycles. The predicted molar refractivity (Wildman–Crippen MR) is 95.1 cm³/mol. The first kappa shape index (κ1) is 16.4. The summed E-state index contributed by atoms with van der Waals surface area (Å²) >= 11 is 3.32. The van der Waals surface area contributed by atoms with Crippen LogP contribution in [0.15, 0.2) is 53.0 Å². The molecular weight excluding hydrogens is 372 g/mol. The molecule has 0 spiro atoms. The second kappa shape index (κ2) is 6.97. The Hall–Kier alpha value is -2.47. The van der Waals surface area contributed by atoms with Crippen molar-refractivity contribution in [3.8, 4) is 0 Å². The topological polar surface area (TPSA) is 66.5 Å². The summed E-state index contributed by atoms with van der Waals surface area (Å²) in [5, 5.41) is 2.74. The Kier molecular flexibility index (Phi) is 4.76. The zero-order valence-electron chi connectivity index (χ0n) is 12.8. The van der Waals surface area contributed by atoms with Crippen LogP contribution in [0.3, 0.4) is 0 Å². The number of para-hydroxylation sites is 2. The lowest BCUT2D eigenvalue weighted by Crippen LogP contribution is -2.42. The molecule has 0 saturated heterocycles. The van der Waals surface area contributed by atoms with E-state index >= 15 is 0 Å². The molecule has 0 unspecified atom stereocenters. The number of hydrogen-bond acceptors (Lipinski definition) is 3. The number of carbonyl (C=O) groups is 3. The fourth-order valence-electron chi connectivity index (χ4n) is 2.59. The van der Waals surface area contributed by atoms with Crippen LogP contribution in [0.5, 0.6) is 0 Å². The highest BCUT2D eigenvalue weighted by Crippen LogP contribution is 2.29. The molecule has 1 aliphatic rings. The van der Waals surface area contributed by atoms with Crippen molar-refractivity contribution in [3.05, 3.63) is 58.6 Å². The van der Waals surface area contributed by atoms with Gasteiger partial charge in [0.1, 0.15) is 6.54 Å². The minimum atomic E-state index is -0.235. The van der Waals surface area contributed by atoms with E-state index in [2.05, 4.69) is 21.2 Å². The molecular formula is C18H15BrN2O3. The van der Waals surface area contributed by atoms with Crippen molar-refractivity contribution in [2.75, 3.05) is 16.8 Å². The molecule has 6 heteroatoms. The predicted octanol–water partition coefficient (Wildman–Crippen LogP) is 3.40. The van der Waals surface area contributed by atoms with Crippen LogP contribution in [0.4, 0.5) is 11.4 Å². The van der Waals surface area contributed by atoms with Gasteiger partial charge in [-0.3, -0.25) is 14.4 Å². The van der Waals surface area contributed by atoms with E-state index in [4.69, 9.17) is 0 Å². The summed E-state index contributed by atoms with van der Waals surface area (Å²) in [5.41, 5.74) is 1.85. The van der Waals surface area contributed by atoms with Gasteiger partial charge in [0.2, 0.25) is 11.8 Å². The standard InChI is InChI=1S/C18H15BrN2O3/c19-13-7-5-12(6-8-13)16(22)9-10-18(24)21-11-17(23)20-14-3-1-2-4-15(14)21/h1-8H,9-11H2,(H,20,23). The smallest absolute Gasteiger partial charge is 0.244 e. The van der Waals surface area contributed by atoms with Gasteiger partial charge in [0.05, 0.1) is 11.4 Å². The van der Waals surface area contributed by atoms with Gasteiger partial charge in [-0.05, 0) is 24.3 Å². The maximum atomic E-state index is 12.5. The average Bonchev–Trinajstić information content (AvgIpc) is 2.59. The van der Waals surface area contributed by atoms with Crippen molar-refractivity contribution < 1.29 is 14.4 Å². The second-order valence-electron chi connectivity index (χ2n) is 5.48. The second-order valence-corrected chi connectivity index (χ2v) is 6.39. The number of benzene rings is 2. The molecule has 3 rings (SSSR count). The number of anilines is 2. The zero-order chi connectivity index (χ0) is 17.1. The Morgan fingerprint density at radius 1 is 1.04 bits per heavy atom. The molecule has 24 heavy (non-hydrogen) atoms. The van der Waals surface area contributed by atoms with E-state index in [1.54, 1.807) is 42.5 Å². The number of ketones is 1. The lowest BCUT2D eigenvalue weighted by atomic mass is 10.1. The van der Waals surface area contributed by atoms with Crippen LogP contribution in [0.25, 0.3) is 0 Å². The van der Waals surface area contributed by atoms with E-state index in [1.165, 1.54) is 4.90 Å². The van der Waals surface area contributed by atoms with Crippen molar-refractivity contribution in [1.29, 1.82) is 0 Å². The van der Waals surface area contributed by atoms with Gasteiger partial charge in [0.25, 0.3) is 0 Å². The molecule has 2 amide bonds. The summed E-state index contributed by atoms with van der Waals surface area (Å²) in [5.74, 6) is -0.561. The molecule has 0 fully saturated rings. The first-order valence-corrected chi connectivity index (χ1v) is 8.32. The Labute approximate surface area is 147 Å². The summed E-state index contributed by atoms with van der Waals surface area (Å²) < 4.78 is 0.895. The first-order chi connectivity index (χ1) is 11.5. The third kappa shape index (κ3) is 3.54. The lowest BCUT2D eigenvalue weighted by molar-refractivity contribution is -0.121. The van der Waals surface area contributed by atoms with Gasteiger partial charge in [-0.15, -0.1) is 0 Å². The fraction of sp³-hybridized carbons (Fsp3) is 0.167. The number of carbonyl (C=O) groups excluding carboxylic acids is 3. The Morgan fingerprint density at radius 2 is 1.75 bits per heavy atom. The molecule has 0 aliphatic carbocycles. The molecule has 0 radical (unpaired) electrons. The Morgan fingerprint density at radius 3 is 2.50 bits per heavy atom. The quantitative estimate of drug-likeness (QED) is 0.818. The number of nitrogens with one attached hydrogen (secondary N) is 1. The SMILES string of the molecule is O=C1CN(C(=O)CCC(=O)c2ccc(Br)cc2)c2ccccc2N1. The molecule has 2 aromatic carbocycles. The number of rotatable bonds is 4. The van der Waals surface area contributed by atoms with Gasteiger partial charge in [0.15, 0.2) is 5.78 Å². The monoisotopic (exact) mass is 386 g/mol. The lowest BCUT2D eigenvalue weighted by Gasteiger charge is -2.29. The number of fused-ring (bicyclic) bond motifs is 1. The first-order valence-electron chi connectivity index (χ1n) is 7.52. The molecule has 0 aromatic heterocycles. The van der Waals surface area contributed by atoms with Crippen LogP contribution in [0.2, 0.25) is 0 Å². The highest BCUT2D eigenvalue weighted by Gasteiger charge is 2.26. The summed E-state index contributed by atoms with van der Waals surface area (Å²) in [7, 11) is 0. The Balaban J connectivity index is 1.68. The summed E-state index contributed by atoms with van der Waals surface area (Å²) in [6.07, 6.45) is 0.178. The van der Waals surface area contributed by atoms with E-state index in [1.807, 2.05) is 6.07 Å². The van der Waals surface area contributed by atoms with E-state index < -0.39 is 0 Å². The molecule has 2 aromatic rings. The number of hydrogen-bond donors (Lipinski definition) is 1. The third-order valence-electron chi connectivity index (χ3n) is 3.80. The van der Waals surface area contributed by atoms with E-state index in [-0.39, 0.29) is 37.0 Å². The molecule has 0 bridgehead atoms. The zero-order valence-corrected chi connectivity index (χ0v) is 14.4. The van der Waals surface area contributed by atoms with Crippen molar-refractivity contribution in [3.63, 3.8) is 0 Å². The number of nitrogens with zero attached hydrogens (tertiary/aromatic N) is 1. The molecule has 0 atom stereocenters. The van der Waals surface area contributed by atoms with Crippen molar-refractivity contribution in [2.45, 2.75) is 12.8 Å². The van der Waals surface area contributed by atoms with Gasteiger partial charge < -0.3 is 10.2 Å². The minimum absolute atomic E-state index is 0.0255. The van der Waals surface area contributed by atoms with Gasteiger partial charge in [-0.2, -0.15) is 0 Å². The maximum Gasteiger partial charge on any atom is 0.244 e. The molecule has 1 N–H and O–H groups in total. The molecule has 5 nitrogen and oxygen atoms in total. The maximum absolute atomic E-state index is 12.5. The number of halogens is 1. The van der Waals surface area contributed by atoms with Gasteiger partial charge in [0, 0.05) is 22.9 Å². The largest absolute Gasteiger partial charge is 0.323 e. The van der Waals surface area contributed by atoms with Crippen LogP contribution < -0.4 is 10.2 Å². The molecule has 0 saturated carbocycles. The third-order valence-corrected chi connectivity index (χ3v) is 4.33. The van der Waals surface area contributed by atoms with E-state index in [0.717, 1.165) is 4.47 Å². The molecule has 122 valence electrons. The minimum Gasteiger partial charge on any atom is -0.323 e. The van der Waals surface area contributed by atoms with Crippen molar-refractivity contribution in [1.82, 2.24) is 0 Å². The van der Waals surface area contributed by atoms with Crippen LogP contribution >= 0.6 is 15.9 Å². The highest BCUT2D eigenvalue weighted by molar-refractivity contribution is 9.10. The van der Waals surface area contributed by atoms with Crippen LogP contribution in [-0.4, -0.2) is 24.1 Å². The van der Waals surface area contributed by atoms with E-state index in [0.29, 0.717) is 16.9 Å². The van der Waals surface area contributed by atoms with E-state index in [9.17, 15) is 14.4 Å². The van der Waals surface area contributed by atoms with Crippen LogP contribution in [0, 0.1) is 0 Å². The van der Waals surface area contributed by atoms with Crippen molar-refractivity contribution in [2.24, 2.45) is 0 Å². The number of Topliss-reactive ketones (excluding diaryl/α,β-unsaturated/α-hetero) is 1. The fourth-order valence-corrected chi connectivity index (χ4v) is 2.86. The summed E-state index contributed by atoms with van der Waals surface area (Å²) in [6, 6.07) is 14.2. The highest BCUT2D eigenvalue weighted by atomic mass is 79.9. The van der Waals surface area contributed by atoms with Gasteiger partial charge in [-0.1, -0.05) is 40.2 Å². The average molecular weight is 387 g/mol. The van der Waals surface area contributed by atoms with Crippen LogP contribution in [0.1, 0.15) is 23.2 Å². The number of amides is 2. The van der Waals surface area contributed by atoms with Gasteiger partial charge in [-0.25, -0.2) is 0 Å². The Bertz CT molecular complexity index is 802. The molecule has 1 aliphatic heterocycles. The summed E-state index contributed by atoms with van der Waals surface area (Å²) in [4.78, 5) is 37.9. The van der Waals surface area contributed by atoms with Gasteiger partial charge >= 0.3 is 0 Å². The van der Waals surface area contributed by atoms with Crippen LogP contribution in [-0.2, 0) is 9.59 Å². The normalized spacial score (nSPS) is 13.2. The summed E-state index contributed by atoms with van der Waals surface area (Å²) in [6.45, 7) is -0.0255.